The standard InChI is InChI=1S/C75H120O6/c1-4-7-10-13-16-19-22-25-28-31-33-35-36-37-38-40-41-44-47-50-53-56-59-62-65-68-74(77)80-71-72(70-79-73(76)67-64-61-58-55-52-49-46-43-30-27-24-21-18-15-12-9-6-3)81-75(78)69-66-63-60-57-54-51-48-45-42-39-34-32-29-26-23-20-17-14-11-8-5-2/h7-12,16-21,25-30,33-35,39,45-46,48-49,72H,4-6,13-15,22-24,31-32,36-38,40-44,47,50-71H2,1-3H3/b10-7-,11-8-,12-9-,19-16-,20-17-,21-18-,28-25-,29-26-,30-27-,35-33-,39-34-,48-45-,49-46-. The van der Waals surface area contributed by atoms with Gasteiger partial charge in [-0.15, -0.1) is 0 Å². The molecular formula is C75H120O6. The summed E-state index contributed by atoms with van der Waals surface area (Å²) >= 11 is 0. The molecule has 1 atom stereocenters. The van der Waals surface area contributed by atoms with Gasteiger partial charge in [0, 0.05) is 19.3 Å². The molecule has 0 aliphatic rings. The third-order valence-electron chi connectivity index (χ3n) is 13.5. The average Bonchev–Trinajstić information content (AvgIpc) is 3.47. The highest BCUT2D eigenvalue weighted by atomic mass is 16.6. The second-order valence-electron chi connectivity index (χ2n) is 21.2. The molecule has 0 bridgehead atoms. The number of esters is 3. The highest BCUT2D eigenvalue weighted by molar-refractivity contribution is 5.71. The lowest BCUT2D eigenvalue weighted by molar-refractivity contribution is -0.167. The number of hydrogen-bond acceptors (Lipinski definition) is 6. The Bertz CT molecular complexity index is 1810. The van der Waals surface area contributed by atoms with Gasteiger partial charge in [-0.3, -0.25) is 14.4 Å². The van der Waals surface area contributed by atoms with Crippen LogP contribution in [0, 0.1) is 0 Å². The first kappa shape index (κ1) is 76.0. The number of hydrogen-bond donors (Lipinski definition) is 0. The summed E-state index contributed by atoms with van der Waals surface area (Å²) in [5, 5.41) is 0. The molecule has 0 radical (unpaired) electrons. The smallest absolute Gasteiger partial charge is 0.306 e. The quantitative estimate of drug-likeness (QED) is 0.0261. The summed E-state index contributed by atoms with van der Waals surface area (Å²) in [7, 11) is 0. The zero-order valence-electron chi connectivity index (χ0n) is 52.2. The van der Waals surface area contributed by atoms with Crippen LogP contribution in [0.5, 0.6) is 0 Å². The van der Waals surface area contributed by atoms with Gasteiger partial charge in [0.25, 0.3) is 0 Å². The van der Waals surface area contributed by atoms with Gasteiger partial charge < -0.3 is 14.2 Å². The van der Waals surface area contributed by atoms with Crippen LogP contribution in [-0.2, 0) is 28.6 Å². The van der Waals surface area contributed by atoms with Crippen molar-refractivity contribution in [3.05, 3.63) is 158 Å². The first-order valence-electron chi connectivity index (χ1n) is 33.0. The molecule has 0 saturated carbocycles. The summed E-state index contributed by atoms with van der Waals surface area (Å²) in [6, 6.07) is 0. The molecule has 0 aliphatic heterocycles. The summed E-state index contributed by atoms with van der Waals surface area (Å²) in [4.78, 5) is 38.4. The van der Waals surface area contributed by atoms with Gasteiger partial charge in [0.2, 0.25) is 0 Å². The first-order valence-corrected chi connectivity index (χ1v) is 33.0. The van der Waals surface area contributed by atoms with Gasteiger partial charge in [-0.2, -0.15) is 0 Å². The van der Waals surface area contributed by atoms with Crippen LogP contribution in [0.4, 0.5) is 0 Å². The van der Waals surface area contributed by atoms with Crippen LogP contribution in [0.25, 0.3) is 0 Å². The minimum atomic E-state index is -0.809. The van der Waals surface area contributed by atoms with E-state index in [0.717, 1.165) is 173 Å². The number of allylic oxidation sites excluding steroid dienone is 26. The number of carbonyl (C=O) groups excluding carboxylic acids is 3. The predicted octanol–water partition coefficient (Wildman–Crippen LogP) is 22.9. The lowest BCUT2D eigenvalue weighted by Gasteiger charge is -2.18. The lowest BCUT2D eigenvalue weighted by atomic mass is 10.0. The van der Waals surface area contributed by atoms with E-state index in [1.54, 1.807) is 0 Å². The molecular weight excluding hydrogens is 997 g/mol. The van der Waals surface area contributed by atoms with Crippen LogP contribution in [0.15, 0.2) is 158 Å². The summed E-state index contributed by atoms with van der Waals surface area (Å²) in [6.07, 6.45) is 98.2. The second-order valence-corrected chi connectivity index (χ2v) is 21.2. The van der Waals surface area contributed by atoms with E-state index in [2.05, 4.69) is 179 Å². The number of rotatable bonds is 58. The van der Waals surface area contributed by atoms with E-state index in [0.29, 0.717) is 19.3 Å². The van der Waals surface area contributed by atoms with Gasteiger partial charge in [0.05, 0.1) is 0 Å². The molecule has 0 amide bonds. The van der Waals surface area contributed by atoms with Crippen molar-refractivity contribution in [2.45, 2.75) is 284 Å². The molecule has 0 N–H and O–H groups in total. The molecule has 0 aliphatic carbocycles. The molecule has 0 aromatic carbocycles. The zero-order valence-corrected chi connectivity index (χ0v) is 52.2. The van der Waals surface area contributed by atoms with E-state index >= 15 is 0 Å². The maximum Gasteiger partial charge on any atom is 0.306 e. The fourth-order valence-corrected chi connectivity index (χ4v) is 8.69. The molecule has 456 valence electrons. The molecule has 0 saturated heterocycles. The van der Waals surface area contributed by atoms with Crippen molar-refractivity contribution in [3.8, 4) is 0 Å². The molecule has 0 heterocycles. The van der Waals surface area contributed by atoms with Gasteiger partial charge in [0.1, 0.15) is 13.2 Å². The summed E-state index contributed by atoms with van der Waals surface area (Å²) < 4.78 is 16.9. The van der Waals surface area contributed by atoms with E-state index in [9.17, 15) is 14.4 Å². The average molecular weight is 1120 g/mol. The number of carbonyl (C=O) groups is 3. The fourth-order valence-electron chi connectivity index (χ4n) is 8.69. The summed E-state index contributed by atoms with van der Waals surface area (Å²) in [6.45, 7) is 6.27. The lowest BCUT2D eigenvalue weighted by Crippen LogP contribution is -2.30. The molecule has 0 aromatic rings. The Morgan fingerprint density at radius 1 is 0.247 bits per heavy atom. The number of ether oxygens (including phenoxy) is 3. The fraction of sp³-hybridized carbons (Fsp3) is 0.613. The Morgan fingerprint density at radius 3 is 0.691 bits per heavy atom. The van der Waals surface area contributed by atoms with Crippen LogP contribution >= 0.6 is 0 Å². The summed E-state index contributed by atoms with van der Waals surface area (Å²) in [5.74, 6) is -0.946. The third-order valence-corrected chi connectivity index (χ3v) is 13.5. The predicted molar refractivity (Wildman–Crippen MR) is 352 cm³/mol. The maximum absolute atomic E-state index is 12.9. The van der Waals surface area contributed by atoms with Crippen molar-refractivity contribution >= 4 is 17.9 Å². The largest absolute Gasteiger partial charge is 0.462 e. The van der Waals surface area contributed by atoms with Gasteiger partial charge in [0.15, 0.2) is 6.10 Å². The normalized spacial score (nSPS) is 13.2. The van der Waals surface area contributed by atoms with Gasteiger partial charge in [-0.25, -0.2) is 0 Å². The van der Waals surface area contributed by atoms with Crippen molar-refractivity contribution in [3.63, 3.8) is 0 Å². The zero-order chi connectivity index (χ0) is 58.5. The molecule has 81 heavy (non-hydrogen) atoms. The highest BCUT2D eigenvalue weighted by Gasteiger charge is 2.19. The Hall–Kier alpha value is -4.97. The van der Waals surface area contributed by atoms with Gasteiger partial charge >= 0.3 is 17.9 Å². The maximum atomic E-state index is 12.9. The van der Waals surface area contributed by atoms with Gasteiger partial charge in [-0.05, 0) is 141 Å². The Labute approximate surface area is 499 Å². The minimum absolute atomic E-state index is 0.101. The van der Waals surface area contributed by atoms with Crippen LogP contribution < -0.4 is 0 Å². The number of unbranched alkanes of at least 4 members (excludes halogenated alkanes) is 21. The molecule has 0 fully saturated rings. The third kappa shape index (κ3) is 65.7. The van der Waals surface area contributed by atoms with E-state index in [-0.39, 0.29) is 31.1 Å². The Balaban J connectivity index is 4.45. The topological polar surface area (TPSA) is 78.9 Å². The highest BCUT2D eigenvalue weighted by Crippen LogP contribution is 2.15. The van der Waals surface area contributed by atoms with E-state index in [4.69, 9.17) is 14.2 Å². The van der Waals surface area contributed by atoms with E-state index in [1.807, 2.05) is 0 Å². The van der Waals surface area contributed by atoms with Crippen LogP contribution in [0.1, 0.15) is 278 Å². The Kier molecular flexibility index (Phi) is 63.4. The molecule has 0 aromatic heterocycles. The first-order chi connectivity index (χ1) is 40.0. The van der Waals surface area contributed by atoms with Crippen molar-refractivity contribution in [2.75, 3.05) is 13.2 Å². The SMILES string of the molecule is CC/C=C\C/C=C\C/C=C\C/C=C\C/C=C\CCCCCCCC(=O)OC(COC(=O)CCCCCC/C=C\C/C=C\C/C=C\C/C=C\CC)COC(=O)CCCCCCCCCCCCCC/C=C\C/C=C\C/C=C\C/C=C\CC. The van der Waals surface area contributed by atoms with Crippen molar-refractivity contribution < 1.29 is 28.6 Å². The van der Waals surface area contributed by atoms with Crippen LogP contribution in [-0.4, -0.2) is 37.2 Å². The van der Waals surface area contributed by atoms with Crippen LogP contribution in [0.3, 0.4) is 0 Å². The molecule has 6 heteroatoms. The minimum Gasteiger partial charge on any atom is -0.462 e. The van der Waals surface area contributed by atoms with Crippen molar-refractivity contribution in [1.82, 2.24) is 0 Å². The van der Waals surface area contributed by atoms with E-state index in [1.165, 1.54) is 64.2 Å². The molecule has 0 spiro atoms. The van der Waals surface area contributed by atoms with Crippen LogP contribution in [0.2, 0.25) is 0 Å². The monoisotopic (exact) mass is 1120 g/mol. The van der Waals surface area contributed by atoms with Gasteiger partial charge in [-0.1, -0.05) is 275 Å². The second kappa shape index (κ2) is 67.5. The van der Waals surface area contributed by atoms with Crippen molar-refractivity contribution in [1.29, 1.82) is 0 Å². The van der Waals surface area contributed by atoms with Crippen molar-refractivity contribution in [2.24, 2.45) is 0 Å². The van der Waals surface area contributed by atoms with E-state index < -0.39 is 6.10 Å². The molecule has 1 unspecified atom stereocenters. The summed E-state index contributed by atoms with van der Waals surface area (Å²) in [5.41, 5.74) is 0. The molecule has 0 rings (SSSR count). The Morgan fingerprint density at radius 2 is 0.444 bits per heavy atom. The molecule has 6 nitrogen and oxygen atoms in total.